The number of halogens is 3. The third-order valence-electron chi connectivity index (χ3n) is 3.74. The molecular formula is C14H19F3N4O. The van der Waals surface area contributed by atoms with E-state index in [1.54, 1.807) is 18.3 Å². The highest BCUT2D eigenvalue weighted by Gasteiger charge is 2.41. The molecule has 0 bridgehead atoms. The quantitative estimate of drug-likeness (QED) is 0.912. The molecule has 1 N–H and O–H groups in total. The van der Waals surface area contributed by atoms with Gasteiger partial charge >= 0.3 is 12.2 Å². The molecule has 1 aromatic heterocycles. The topological polar surface area (TPSA) is 48.5 Å². The predicted octanol–water partition coefficient (Wildman–Crippen LogP) is 2.95. The molecule has 1 aliphatic rings. The number of pyridine rings is 1. The third kappa shape index (κ3) is 4.02. The van der Waals surface area contributed by atoms with E-state index in [1.165, 1.54) is 4.90 Å². The van der Waals surface area contributed by atoms with Crippen LogP contribution in [0, 0.1) is 5.92 Å². The molecule has 1 aliphatic heterocycles. The highest BCUT2D eigenvalue weighted by Crippen LogP contribution is 2.34. The van der Waals surface area contributed by atoms with Crippen LogP contribution in [0.2, 0.25) is 0 Å². The lowest BCUT2D eigenvalue weighted by atomic mass is 9.96. The first-order valence-corrected chi connectivity index (χ1v) is 7.03. The van der Waals surface area contributed by atoms with Crippen molar-refractivity contribution in [3.8, 4) is 0 Å². The molecule has 0 atom stereocenters. The first-order valence-electron chi connectivity index (χ1n) is 7.03. The molecule has 5 nitrogen and oxygen atoms in total. The molecule has 8 heteroatoms. The van der Waals surface area contributed by atoms with Crippen molar-refractivity contribution >= 4 is 17.5 Å². The normalized spacial score (nSPS) is 16.5. The highest BCUT2D eigenvalue weighted by molar-refractivity contribution is 5.88. The van der Waals surface area contributed by atoms with E-state index in [-0.39, 0.29) is 25.9 Å². The Labute approximate surface area is 127 Å². The molecule has 0 saturated carbocycles. The minimum atomic E-state index is -4.17. The fourth-order valence-corrected chi connectivity index (χ4v) is 2.32. The maximum Gasteiger partial charge on any atom is 0.391 e. The third-order valence-corrected chi connectivity index (χ3v) is 3.74. The number of likely N-dealkylation sites (tertiary alicyclic amines) is 1. The molecule has 2 amide bonds. The van der Waals surface area contributed by atoms with Crippen LogP contribution in [0.15, 0.2) is 18.3 Å². The second kappa shape index (κ2) is 6.41. The van der Waals surface area contributed by atoms with Crippen LogP contribution in [0.4, 0.5) is 29.5 Å². The molecule has 0 aromatic carbocycles. The molecule has 0 unspecified atom stereocenters. The number of anilines is 2. The Bertz CT molecular complexity index is 508. The Morgan fingerprint density at radius 2 is 1.95 bits per heavy atom. The number of alkyl halides is 3. The Kier molecular flexibility index (Phi) is 4.77. The van der Waals surface area contributed by atoms with Crippen LogP contribution >= 0.6 is 0 Å². The lowest BCUT2D eigenvalue weighted by Crippen LogP contribution is -2.44. The van der Waals surface area contributed by atoms with Gasteiger partial charge in [-0.05, 0) is 25.0 Å². The number of urea groups is 1. The van der Waals surface area contributed by atoms with Crippen molar-refractivity contribution < 1.29 is 18.0 Å². The summed E-state index contributed by atoms with van der Waals surface area (Å²) >= 11 is 0. The summed E-state index contributed by atoms with van der Waals surface area (Å²) in [6.07, 6.45) is -2.66. The van der Waals surface area contributed by atoms with Gasteiger partial charge in [-0.25, -0.2) is 9.78 Å². The second-order valence-corrected chi connectivity index (χ2v) is 5.53. The Morgan fingerprint density at radius 3 is 2.41 bits per heavy atom. The van der Waals surface area contributed by atoms with Crippen LogP contribution in [-0.2, 0) is 0 Å². The summed E-state index contributed by atoms with van der Waals surface area (Å²) in [5.41, 5.74) is 0.893. The molecule has 0 aliphatic carbocycles. The average molecular weight is 316 g/mol. The van der Waals surface area contributed by atoms with Crippen molar-refractivity contribution in [3.05, 3.63) is 18.3 Å². The fourth-order valence-electron chi connectivity index (χ4n) is 2.32. The Balaban J connectivity index is 1.88. The first-order chi connectivity index (χ1) is 10.3. The van der Waals surface area contributed by atoms with Gasteiger partial charge in [0.2, 0.25) is 0 Å². The van der Waals surface area contributed by atoms with Crippen LogP contribution in [0.1, 0.15) is 12.8 Å². The minimum Gasteiger partial charge on any atom is -0.376 e. The van der Waals surface area contributed by atoms with E-state index in [1.807, 2.05) is 19.0 Å². The zero-order valence-electron chi connectivity index (χ0n) is 12.5. The summed E-state index contributed by atoms with van der Waals surface area (Å²) in [5.74, 6) is -0.928. The molecule has 1 saturated heterocycles. The monoisotopic (exact) mass is 316 g/mol. The zero-order chi connectivity index (χ0) is 16.3. The van der Waals surface area contributed by atoms with Crippen molar-refractivity contribution in [2.45, 2.75) is 19.0 Å². The van der Waals surface area contributed by atoms with Gasteiger partial charge in [0.15, 0.2) is 0 Å². The van der Waals surface area contributed by atoms with E-state index in [0.29, 0.717) is 5.82 Å². The molecule has 2 heterocycles. The number of hydrogen-bond acceptors (Lipinski definition) is 3. The highest BCUT2D eigenvalue weighted by atomic mass is 19.4. The van der Waals surface area contributed by atoms with E-state index in [4.69, 9.17) is 0 Å². The number of carbonyl (C=O) groups is 1. The number of nitrogens with zero attached hydrogens (tertiary/aromatic N) is 3. The minimum absolute atomic E-state index is 0.0517. The lowest BCUT2D eigenvalue weighted by molar-refractivity contribution is -0.183. The number of rotatable bonds is 2. The van der Waals surface area contributed by atoms with Gasteiger partial charge in [-0.2, -0.15) is 13.2 Å². The lowest BCUT2D eigenvalue weighted by Gasteiger charge is -2.32. The van der Waals surface area contributed by atoms with Crippen molar-refractivity contribution in [1.82, 2.24) is 9.88 Å². The maximum atomic E-state index is 12.6. The van der Waals surface area contributed by atoms with Crippen LogP contribution < -0.4 is 10.2 Å². The van der Waals surface area contributed by atoms with Gasteiger partial charge in [-0.3, -0.25) is 5.32 Å². The number of carbonyl (C=O) groups excluding carboxylic acids is 1. The average Bonchev–Trinajstić information content (AvgIpc) is 2.47. The largest absolute Gasteiger partial charge is 0.391 e. The maximum absolute atomic E-state index is 12.6. The summed E-state index contributed by atoms with van der Waals surface area (Å²) < 4.78 is 37.8. The van der Waals surface area contributed by atoms with Gasteiger partial charge in [0.25, 0.3) is 0 Å². The molecule has 2 rings (SSSR count). The van der Waals surface area contributed by atoms with Gasteiger partial charge in [0, 0.05) is 27.2 Å². The van der Waals surface area contributed by atoms with Crippen molar-refractivity contribution in [3.63, 3.8) is 0 Å². The standard InChI is InChI=1S/C14H19F3N4O/c1-20(2)11-3-4-12(18-9-11)19-13(22)21-7-5-10(6-8-21)14(15,16)17/h3-4,9-10H,5-8H2,1-2H3,(H,18,19,22). The number of hydrogen-bond donors (Lipinski definition) is 1. The summed E-state index contributed by atoms with van der Waals surface area (Å²) in [6.45, 7) is 0.206. The van der Waals surface area contributed by atoms with E-state index >= 15 is 0 Å². The van der Waals surface area contributed by atoms with Crippen LogP contribution in [0.25, 0.3) is 0 Å². The predicted molar refractivity (Wildman–Crippen MR) is 77.9 cm³/mol. The fraction of sp³-hybridized carbons (Fsp3) is 0.571. The zero-order valence-corrected chi connectivity index (χ0v) is 12.5. The first kappa shape index (κ1) is 16.4. The Hall–Kier alpha value is -1.99. The van der Waals surface area contributed by atoms with E-state index in [0.717, 1.165) is 5.69 Å². The molecule has 0 spiro atoms. The second-order valence-electron chi connectivity index (χ2n) is 5.53. The molecule has 22 heavy (non-hydrogen) atoms. The van der Waals surface area contributed by atoms with Crippen molar-refractivity contribution in [2.75, 3.05) is 37.4 Å². The summed E-state index contributed by atoms with van der Waals surface area (Å²) in [7, 11) is 3.75. The van der Waals surface area contributed by atoms with Crippen molar-refractivity contribution in [1.29, 1.82) is 0 Å². The molecule has 1 aromatic rings. The van der Waals surface area contributed by atoms with E-state index in [2.05, 4.69) is 10.3 Å². The van der Waals surface area contributed by atoms with Gasteiger partial charge in [0.05, 0.1) is 17.8 Å². The van der Waals surface area contributed by atoms with Gasteiger partial charge in [-0.15, -0.1) is 0 Å². The van der Waals surface area contributed by atoms with Gasteiger partial charge < -0.3 is 9.80 Å². The summed E-state index contributed by atoms with van der Waals surface area (Å²) in [4.78, 5) is 19.4. The molecular weight excluding hydrogens is 297 g/mol. The Morgan fingerprint density at radius 1 is 1.32 bits per heavy atom. The molecule has 1 fully saturated rings. The van der Waals surface area contributed by atoms with Crippen LogP contribution in [0.3, 0.4) is 0 Å². The van der Waals surface area contributed by atoms with Gasteiger partial charge in [-0.1, -0.05) is 0 Å². The van der Waals surface area contributed by atoms with E-state index in [9.17, 15) is 18.0 Å². The molecule has 0 radical (unpaired) electrons. The number of amides is 2. The summed E-state index contributed by atoms with van der Waals surface area (Å²) in [5, 5.41) is 2.61. The summed E-state index contributed by atoms with van der Waals surface area (Å²) in [6, 6.07) is 3.06. The van der Waals surface area contributed by atoms with Crippen LogP contribution in [-0.4, -0.2) is 49.3 Å². The number of piperidine rings is 1. The van der Waals surface area contributed by atoms with Crippen LogP contribution in [0.5, 0.6) is 0 Å². The van der Waals surface area contributed by atoms with E-state index < -0.39 is 18.1 Å². The SMILES string of the molecule is CN(C)c1ccc(NC(=O)N2CCC(C(F)(F)F)CC2)nc1. The molecule has 122 valence electrons. The smallest absolute Gasteiger partial charge is 0.376 e. The van der Waals surface area contributed by atoms with Gasteiger partial charge in [0.1, 0.15) is 5.82 Å². The number of aromatic nitrogens is 1. The number of nitrogens with one attached hydrogen (secondary N) is 1. The van der Waals surface area contributed by atoms with Crippen molar-refractivity contribution in [2.24, 2.45) is 5.92 Å².